The minimum Gasteiger partial charge on any atom is -0.306 e. The van der Waals surface area contributed by atoms with E-state index in [2.05, 4.69) is 15.3 Å². The van der Waals surface area contributed by atoms with Crippen LogP contribution < -0.4 is 5.32 Å². The highest BCUT2D eigenvalue weighted by atomic mass is 35.5. The highest BCUT2D eigenvalue weighted by Crippen LogP contribution is 2.16. The van der Waals surface area contributed by atoms with E-state index in [1.54, 1.807) is 12.3 Å². The molecule has 0 aromatic carbocycles. The van der Waals surface area contributed by atoms with E-state index in [4.69, 9.17) is 11.6 Å². The summed E-state index contributed by atoms with van der Waals surface area (Å²) in [5.74, 6) is 0.240. The Bertz CT molecular complexity index is 557. The molecule has 0 saturated carbocycles. The van der Waals surface area contributed by atoms with Gasteiger partial charge in [0.2, 0.25) is 0 Å². The molecule has 17 heavy (non-hydrogen) atoms. The van der Waals surface area contributed by atoms with Gasteiger partial charge in [-0.15, -0.1) is 0 Å². The summed E-state index contributed by atoms with van der Waals surface area (Å²) in [6, 6.07) is 5.25. The molecule has 0 aliphatic rings. The summed E-state index contributed by atoms with van der Waals surface area (Å²) < 4.78 is 0. The van der Waals surface area contributed by atoms with Gasteiger partial charge in [-0.1, -0.05) is 17.7 Å². The average Bonchev–Trinajstić information content (AvgIpc) is 2.32. The zero-order valence-corrected chi connectivity index (χ0v) is 9.90. The Morgan fingerprint density at radius 2 is 2.18 bits per heavy atom. The van der Waals surface area contributed by atoms with Crippen LogP contribution in [-0.4, -0.2) is 15.9 Å². The number of carbonyl (C=O) groups excluding carboxylic acids is 1. The highest BCUT2D eigenvalue weighted by Gasteiger charge is 2.11. The zero-order valence-electron chi connectivity index (χ0n) is 9.14. The quantitative estimate of drug-likeness (QED) is 0.888. The van der Waals surface area contributed by atoms with Gasteiger partial charge in [-0.3, -0.25) is 9.78 Å². The van der Waals surface area contributed by atoms with Gasteiger partial charge in [-0.2, -0.15) is 0 Å². The molecule has 0 unspecified atom stereocenters. The third-order valence-corrected chi connectivity index (χ3v) is 2.56. The topological polar surface area (TPSA) is 54.9 Å². The molecule has 2 heterocycles. The molecule has 0 fully saturated rings. The number of rotatable bonds is 2. The molecule has 0 aliphatic heterocycles. The van der Waals surface area contributed by atoms with Crippen LogP contribution >= 0.6 is 11.6 Å². The molecule has 2 aromatic heterocycles. The van der Waals surface area contributed by atoms with Crippen LogP contribution in [0, 0.1) is 6.92 Å². The summed E-state index contributed by atoms with van der Waals surface area (Å²) in [6.45, 7) is 1.87. The number of anilines is 1. The first-order valence-electron chi connectivity index (χ1n) is 5.01. The van der Waals surface area contributed by atoms with Crippen molar-refractivity contribution in [3.63, 3.8) is 0 Å². The van der Waals surface area contributed by atoms with Crippen molar-refractivity contribution >= 4 is 23.3 Å². The van der Waals surface area contributed by atoms with Gasteiger partial charge < -0.3 is 5.32 Å². The van der Waals surface area contributed by atoms with E-state index in [0.717, 1.165) is 5.56 Å². The maximum absolute atomic E-state index is 11.9. The third kappa shape index (κ3) is 2.60. The monoisotopic (exact) mass is 247 g/mol. The number of hydrogen-bond acceptors (Lipinski definition) is 3. The van der Waals surface area contributed by atoms with Gasteiger partial charge in [0, 0.05) is 18.6 Å². The Balaban J connectivity index is 2.24. The summed E-state index contributed by atoms with van der Waals surface area (Å²) in [6.07, 6.45) is 4.57. The van der Waals surface area contributed by atoms with E-state index in [1.807, 2.05) is 19.1 Å². The van der Waals surface area contributed by atoms with Gasteiger partial charge >= 0.3 is 0 Å². The van der Waals surface area contributed by atoms with E-state index >= 15 is 0 Å². The predicted molar refractivity (Wildman–Crippen MR) is 66.2 cm³/mol. The minimum atomic E-state index is -0.292. The molecule has 1 N–H and O–H groups in total. The highest BCUT2D eigenvalue weighted by molar-refractivity contribution is 6.34. The normalized spacial score (nSPS) is 10.0. The first-order valence-corrected chi connectivity index (χ1v) is 5.39. The predicted octanol–water partition coefficient (Wildman–Crippen LogP) is 2.69. The zero-order chi connectivity index (χ0) is 12.3. The van der Waals surface area contributed by atoms with Crippen molar-refractivity contribution in [2.24, 2.45) is 0 Å². The number of aromatic nitrogens is 2. The van der Waals surface area contributed by atoms with Crippen LogP contribution in [-0.2, 0) is 0 Å². The number of pyridine rings is 2. The maximum atomic E-state index is 11.9. The second-order valence-electron chi connectivity index (χ2n) is 3.48. The van der Waals surface area contributed by atoms with Crippen molar-refractivity contribution in [1.29, 1.82) is 0 Å². The summed E-state index contributed by atoms with van der Waals surface area (Å²) >= 11 is 5.88. The van der Waals surface area contributed by atoms with Crippen molar-refractivity contribution in [3.05, 3.63) is 52.9 Å². The lowest BCUT2D eigenvalue weighted by Crippen LogP contribution is -2.14. The lowest BCUT2D eigenvalue weighted by molar-refractivity contribution is 0.102. The lowest BCUT2D eigenvalue weighted by Gasteiger charge is -2.07. The SMILES string of the molecule is Cc1cccnc1NC(=O)c1ccncc1Cl. The number of aryl methyl sites for hydroxylation is 1. The number of halogens is 1. The van der Waals surface area contributed by atoms with Crippen molar-refractivity contribution < 1.29 is 4.79 Å². The van der Waals surface area contributed by atoms with E-state index in [9.17, 15) is 4.79 Å². The van der Waals surface area contributed by atoms with E-state index in [-0.39, 0.29) is 5.91 Å². The van der Waals surface area contributed by atoms with E-state index < -0.39 is 0 Å². The van der Waals surface area contributed by atoms with Crippen LogP contribution in [0.3, 0.4) is 0 Å². The smallest absolute Gasteiger partial charge is 0.258 e. The minimum absolute atomic E-state index is 0.292. The standard InChI is InChI=1S/C12H10ClN3O/c1-8-3-2-5-15-11(8)16-12(17)9-4-6-14-7-10(9)13/h2-7H,1H3,(H,15,16,17). The Hall–Kier alpha value is -1.94. The molecule has 1 amide bonds. The molecule has 0 radical (unpaired) electrons. The van der Waals surface area contributed by atoms with Crippen LogP contribution in [0.2, 0.25) is 5.02 Å². The molecule has 0 aliphatic carbocycles. The maximum Gasteiger partial charge on any atom is 0.258 e. The van der Waals surface area contributed by atoms with Crippen LogP contribution in [0.15, 0.2) is 36.8 Å². The molecule has 0 saturated heterocycles. The van der Waals surface area contributed by atoms with Gasteiger partial charge in [0.1, 0.15) is 5.82 Å². The second kappa shape index (κ2) is 4.93. The van der Waals surface area contributed by atoms with Crippen molar-refractivity contribution in [2.75, 3.05) is 5.32 Å². The number of nitrogens with one attached hydrogen (secondary N) is 1. The fraction of sp³-hybridized carbons (Fsp3) is 0.0833. The van der Waals surface area contributed by atoms with Crippen molar-refractivity contribution in [2.45, 2.75) is 6.92 Å². The Labute approximate surface area is 104 Å². The molecule has 0 bridgehead atoms. The summed E-state index contributed by atoms with van der Waals surface area (Å²) in [4.78, 5) is 19.8. The van der Waals surface area contributed by atoms with Gasteiger partial charge in [-0.25, -0.2) is 4.98 Å². The molecule has 0 atom stereocenters. The van der Waals surface area contributed by atoms with E-state index in [1.165, 1.54) is 12.4 Å². The molecule has 2 aromatic rings. The number of carbonyl (C=O) groups is 1. The molecule has 2 rings (SSSR count). The summed E-state index contributed by atoms with van der Waals surface area (Å²) in [5, 5.41) is 3.02. The molecular formula is C12H10ClN3O. The Morgan fingerprint density at radius 3 is 2.88 bits per heavy atom. The van der Waals surface area contributed by atoms with Crippen LogP contribution in [0.5, 0.6) is 0 Å². The summed E-state index contributed by atoms with van der Waals surface area (Å²) in [5.41, 5.74) is 1.28. The number of nitrogens with zero attached hydrogens (tertiary/aromatic N) is 2. The van der Waals surface area contributed by atoms with Crippen molar-refractivity contribution in [1.82, 2.24) is 9.97 Å². The van der Waals surface area contributed by atoms with Crippen LogP contribution in [0.1, 0.15) is 15.9 Å². The van der Waals surface area contributed by atoms with Gasteiger partial charge in [0.25, 0.3) is 5.91 Å². The third-order valence-electron chi connectivity index (χ3n) is 2.26. The average molecular weight is 248 g/mol. The van der Waals surface area contributed by atoms with Crippen LogP contribution in [0.25, 0.3) is 0 Å². The van der Waals surface area contributed by atoms with Gasteiger partial charge in [0.05, 0.1) is 10.6 Å². The molecule has 86 valence electrons. The summed E-state index contributed by atoms with van der Waals surface area (Å²) in [7, 11) is 0. The van der Waals surface area contributed by atoms with E-state index in [0.29, 0.717) is 16.4 Å². The van der Waals surface area contributed by atoms with Crippen molar-refractivity contribution in [3.8, 4) is 0 Å². The molecule has 0 spiro atoms. The van der Waals surface area contributed by atoms with Gasteiger partial charge in [-0.05, 0) is 24.6 Å². The Kier molecular flexibility index (Phi) is 3.35. The first kappa shape index (κ1) is 11.5. The van der Waals surface area contributed by atoms with Crippen LogP contribution in [0.4, 0.5) is 5.82 Å². The largest absolute Gasteiger partial charge is 0.306 e. The Morgan fingerprint density at radius 1 is 1.35 bits per heavy atom. The fourth-order valence-electron chi connectivity index (χ4n) is 1.35. The first-order chi connectivity index (χ1) is 8.18. The molecule has 5 heteroatoms. The molecular weight excluding hydrogens is 238 g/mol. The lowest BCUT2D eigenvalue weighted by atomic mass is 10.2. The second-order valence-corrected chi connectivity index (χ2v) is 3.89. The number of hydrogen-bond donors (Lipinski definition) is 1. The van der Waals surface area contributed by atoms with Gasteiger partial charge in [0.15, 0.2) is 0 Å². The fourth-order valence-corrected chi connectivity index (χ4v) is 1.56. The number of amides is 1. The molecule has 4 nitrogen and oxygen atoms in total.